The van der Waals surface area contributed by atoms with Crippen molar-refractivity contribution in [2.75, 3.05) is 5.75 Å². The van der Waals surface area contributed by atoms with Crippen LogP contribution in [0.25, 0.3) is 0 Å². The molecule has 2 aromatic carbocycles. The van der Waals surface area contributed by atoms with Crippen molar-refractivity contribution in [2.45, 2.75) is 32.6 Å². The van der Waals surface area contributed by atoms with Crippen LogP contribution in [0.5, 0.6) is 0 Å². The van der Waals surface area contributed by atoms with Gasteiger partial charge in [0.2, 0.25) is 5.91 Å². The molecule has 0 aliphatic carbocycles. The fraction of sp³-hybridized carbons (Fsp3) is 0.316. The quantitative estimate of drug-likeness (QED) is 0.734. The van der Waals surface area contributed by atoms with Crippen molar-refractivity contribution in [3.63, 3.8) is 0 Å². The van der Waals surface area contributed by atoms with Gasteiger partial charge in [-0.2, -0.15) is 0 Å². The van der Waals surface area contributed by atoms with Gasteiger partial charge in [0.1, 0.15) is 0 Å². The first-order chi connectivity index (χ1) is 11.0. The van der Waals surface area contributed by atoms with Crippen LogP contribution in [0.2, 0.25) is 0 Å². The number of hydrogen-bond acceptors (Lipinski definition) is 2. The third kappa shape index (κ3) is 5.70. The molecule has 1 atom stereocenters. The van der Waals surface area contributed by atoms with Gasteiger partial charge >= 0.3 is 0 Å². The molecule has 0 heterocycles. The number of aryl methyl sites for hydroxylation is 2. The molecule has 1 amide bonds. The van der Waals surface area contributed by atoms with Crippen LogP contribution < -0.4 is 5.32 Å². The molecule has 0 unspecified atom stereocenters. The Hall–Kier alpha value is -1.26. The molecular formula is C19H22BrNOS. The Balaban J connectivity index is 1.79. The van der Waals surface area contributed by atoms with E-state index in [2.05, 4.69) is 65.4 Å². The number of amides is 1. The van der Waals surface area contributed by atoms with E-state index in [0.29, 0.717) is 5.75 Å². The minimum Gasteiger partial charge on any atom is -0.349 e. The lowest BCUT2D eigenvalue weighted by Crippen LogP contribution is -2.28. The van der Waals surface area contributed by atoms with Gasteiger partial charge in [0, 0.05) is 10.2 Å². The third-order valence-corrected chi connectivity index (χ3v) is 5.36. The van der Waals surface area contributed by atoms with Crippen molar-refractivity contribution < 1.29 is 4.79 Å². The Morgan fingerprint density at radius 1 is 1.13 bits per heavy atom. The van der Waals surface area contributed by atoms with Gasteiger partial charge in [-0.05, 0) is 55.2 Å². The molecule has 23 heavy (non-hydrogen) atoms. The van der Waals surface area contributed by atoms with Crippen molar-refractivity contribution in [1.29, 1.82) is 0 Å². The Bertz CT molecular complexity index is 670. The van der Waals surface area contributed by atoms with Gasteiger partial charge in [0.05, 0.1) is 11.8 Å². The molecule has 0 aliphatic heterocycles. The molecule has 2 aromatic rings. The van der Waals surface area contributed by atoms with Gasteiger partial charge in [-0.1, -0.05) is 46.3 Å². The number of hydrogen-bond donors (Lipinski definition) is 1. The van der Waals surface area contributed by atoms with Crippen LogP contribution >= 0.6 is 27.7 Å². The second kappa shape index (κ2) is 8.55. The Kier molecular flexibility index (Phi) is 6.72. The summed E-state index contributed by atoms with van der Waals surface area (Å²) in [5, 5.41) is 3.07. The van der Waals surface area contributed by atoms with Gasteiger partial charge in [0.15, 0.2) is 0 Å². The number of halogens is 1. The van der Waals surface area contributed by atoms with E-state index in [9.17, 15) is 4.79 Å². The van der Waals surface area contributed by atoms with E-state index in [-0.39, 0.29) is 11.9 Å². The molecule has 0 aromatic heterocycles. The third-order valence-electron chi connectivity index (χ3n) is 3.82. The Morgan fingerprint density at radius 2 is 1.83 bits per heavy atom. The molecule has 2 rings (SSSR count). The van der Waals surface area contributed by atoms with E-state index >= 15 is 0 Å². The summed E-state index contributed by atoms with van der Waals surface area (Å²) in [4.78, 5) is 12.1. The molecular weight excluding hydrogens is 370 g/mol. The first-order valence-electron chi connectivity index (χ1n) is 7.64. The van der Waals surface area contributed by atoms with Gasteiger partial charge < -0.3 is 5.32 Å². The highest BCUT2D eigenvalue weighted by Gasteiger charge is 2.10. The summed E-state index contributed by atoms with van der Waals surface area (Å²) in [6.45, 7) is 6.23. The maximum absolute atomic E-state index is 12.1. The van der Waals surface area contributed by atoms with Gasteiger partial charge in [0.25, 0.3) is 0 Å². The molecule has 0 aliphatic rings. The summed E-state index contributed by atoms with van der Waals surface area (Å²) in [6.07, 6.45) is 0. The van der Waals surface area contributed by atoms with E-state index in [1.807, 2.05) is 19.1 Å². The molecule has 0 fully saturated rings. The summed E-state index contributed by atoms with van der Waals surface area (Å²) < 4.78 is 1.08. The van der Waals surface area contributed by atoms with Crippen LogP contribution in [-0.4, -0.2) is 11.7 Å². The van der Waals surface area contributed by atoms with Crippen molar-refractivity contribution >= 4 is 33.6 Å². The average Bonchev–Trinajstić information content (AvgIpc) is 2.52. The second-order valence-corrected chi connectivity index (χ2v) is 7.65. The van der Waals surface area contributed by atoms with E-state index in [1.54, 1.807) is 11.8 Å². The SMILES string of the molecule is Cc1ccc([C@@H](C)NC(=O)CSCc2ccc(Br)cc2)cc1C. The highest BCUT2D eigenvalue weighted by Crippen LogP contribution is 2.18. The van der Waals surface area contributed by atoms with E-state index < -0.39 is 0 Å². The summed E-state index contributed by atoms with van der Waals surface area (Å²) in [6, 6.07) is 14.6. The van der Waals surface area contributed by atoms with Crippen LogP contribution in [-0.2, 0) is 10.5 Å². The van der Waals surface area contributed by atoms with Crippen LogP contribution in [0.15, 0.2) is 46.9 Å². The molecule has 0 radical (unpaired) electrons. The van der Waals surface area contributed by atoms with Crippen LogP contribution in [0.3, 0.4) is 0 Å². The maximum atomic E-state index is 12.1. The fourth-order valence-electron chi connectivity index (χ4n) is 2.24. The zero-order valence-electron chi connectivity index (χ0n) is 13.7. The molecule has 122 valence electrons. The topological polar surface area (TPSA) is 29.1 Å². The molecule has 0 saturated carbocycles. The van der Waals surface area contributed by atoms with Gasteiger partial charge in [-0.15, -0.1) is 11.8 Å². The normalized spacial score (nSPS) is 12.0. The van der Waals surface area contributed by atoms with Crippen molar-refractivity contribution in [2.24, 2.45) is 0 Å². The van der Waals surface area contributed by atoms with Gasteiger partial charge in [-0.3, -0.25) is 4.79 Å². The van der Waals surface area contributed by atoms with Gasteiger partial charge in [-0.25, -0.2) is 0 Å². The summed E-state index contributed by atoms with van der Waals surface area (Å²) in [5.74, 6) is 1.40. The first-order valence-corrected chi connectivity index (χ1v) is 9.59. The monoisotopic (exact) mass is 391 g/mol. The summed E-state index contributed by atoms with van der Waals surface area (Å²) in [7, 11) is 0. The predicted molar refractivity (Wildman–Crippen MR) is 103 cm³/mol. The molecule has 0 bridgehead atoms. The molecule has 2 nitrogen and oxygen atoms in total. The smallest absolute Gasteiger partial charge is 0.230 e. The number of thioether (sulfide) groups is 1. The van der Waals surface area contributed by atoms with Crippen molar-refractivity contribution in [3.8, 4) is 0 Å². The minimum absolute atomic E-state index is 0.0371. The number of benzene rings is 2. The van der Waals surface area contributed by atoms with E-state index in [4.69, 9.17) is 0 Å². The molecule has 0 saturated heterocycles. The highest BCUT2D eigenvalue weighted by molar-refractivity contribution is 9.10. The predicted octanol–water partition coefficient (Wildman–Crippen LogP) is 5.18. The van der Waals surface area contributed by atoms with Crippen LogP contribution in [0.1, 0.15) is 35.2 Å². The second-order valence-electron chi connectivity index (χ2n) is 5.75. The lowest BCUT2D eigenvalue weighted by atomic mass is 10.0. The lowest BCUT2D eigenvalue weighted by Gasteiger charge is -2.15. The Labute approximate surface area is 151 Å². The minimum atomic E-state index is 0.0371. The molecule has 4 heteroatoms. The summed E-state index contributed by atoms with van der Waals surface area (Å²) >= 11 is 5.06. The molecule has 1 N–H and O–H groups in total. The van der Waals surface area contributed by atoms with Crippen LogP contribution in [0, 0.1) is 13.8 Å². The zero-order chi connectivity index (χ0) is 16.8. The number of nitrogens with one attached hydrogen (secondary N) is 1. The zero-order valence-corrected chi connectivity index (χ0v) is 16.1. The average molecular weight is 392 g/mol. The lowest BCUT2D eigenvalue weighted by molar-refractivity contribution is -0.119. The number of rotatable bonds is 6. The fourth-order valence-corrected chi connectivity index (χ4v) is 3.31. The highest BCUT2D eigenvalue weighted by atomic mass is 79.9. The van der Waals surface area contributed by atoms with Crippen LogP contribution in [0.4, 0.5) is 0 Å². The number of carbonyl (C=O) groups excluding carboxylic acids is 1. The summed E-state index contributed by atoms with van der Waals surface area (Å²) in [5.41, 5.74) is 4.91. The van der Waals surface area contributed by atoms with Crippen molar-refractivity contribution in [1.82, 2.24) is 5.32 Å². The number of carbonyl (C=O) groups is 1. The Morgan fingerprint density at radius 3 is 2.48 bits per heavy atom. The molecule has 0 spiro atoms. The van der Waals surface area contributed by atoms with E-state index in [0.717, 1.165) is 15.8 Å². The maximum Gasteiger partial charge on any atom is 0.230 e. The first kappa shape index (κ1) is 18.1. The van der Waals surface area contributed by atoms with Crippen molar-refractivity contribution in [3.05, 3.63) is 69.2 Å². The largest absolute Gasteiger partial charge is 0.349 e. The standard InChI is InChI=1S/C19H22BrNOS/c1-13-4-7-17(10-14(13)2)15(3)21-19(22)12-23-11-16-5-8-18(20)9-6-16/h4-10,15H,11-12H2,1-3H3,(H,21,22)/t15-/m1/s1. The van der Waals surface area contributed by atoms with E-state index in [1.165, 1.54) is 16.7 Å².